The quantitative estimate of drug-likeness (QED) is 0.555. The Morgan fingerprint density at radius 1 is 1.14 bits per heavy atom. The Kier molecular flexibility index (Phi) is 5.78. The molecule has 1 amide bonds. The molecule has 144 valence electrons. The highest BCUT2D eigenvalue weighted by Crippen LogP contribution is 2.31. The summed E-state index contributed by atoms with van der Waals surface area (Å²) in [7, 11) is 1.49. The van der Waals surface area contributed by atoms with Crippen LogP contribution in [0.1, 0.15) is 10.4 Å². The zero-order valence-corrected chi connectivity index (χ0v) is 15.9. The molecule has 2 aromatic carbocycles. The first-order valence-electron chi connectivity index (χ1n) is 7.82. The van der Waals surface area contributed by atoms with Crippen LogP contribution in [-0.4, -0.2) is 22.9 Å². The van der Waals surface area contributed by atoms with Crippen molar-refractivity contribution >= 4 is 33.5 Å². The van der Waals surface area contributed by atoms with E-state index in [2.05, 4.69) is 36.5 Å². The van der Waals surface area contributed by atoms with Gasteiger partial charge in [0.25, 0.3) is 5.91 Å². The molecule has 3 rings (SSSR count). The summed E-state index contributed by atoms with van der Waals surface area (Å²) in [5.74, 6) is -4.39. The van der Waals surface area contributed by atoms with E-state index in [1.165, 1.54) is 13.2 Å². The number of para-hydroxylation sites is 1. The third-order valence-corrected chi connectivity index (χ3v) is 4.06. The van der Waals surface area contributed by atoms with E-state index in [1.54, 1.807) is 24.3 Å². The van der Waals surface area contributed by atoms with Gasteiger partial charge in [0.05, 0.1) is 16.2 Å². The highest BCUT2D eigenvalue weighted by Gasteiger charge is 2.15. The van der Waals surface area contributed by atoms with Crippen molar-refractivity contribution in [3.63, 3.8) is 0 Å². The first-order valence-corrected chi connectivity index (χ1v) is 8.61. The number of rotatable bonds is 5. The summed E-state index contributed by atoms with van der Waals surface area (Å²) in [4.78, 5) is 20.0. The number of hydrogen-bond donors (Lipinski definition) is 2. The van der Waals surface area contributed by atoms with E-state index >= 15 is 0 Å². The molecule has 0 atom stereocenters. The number of nitrogens with one attached hydrogen (secondary N) is 2. The third-order valence-electron chi connectivity index (χ3n) is 3.52. The average Bonchev–Trinajstić information content (AvgIpc) is 2.68. The number of anilines is 2. The number of benzene rings is 2. The minimum Gasteiger partial charge on any atom is -0.437 e. The minimum atomic E-state index is -1.57. The van der Waals surface area contributed by atoms with Crippen molar-refractivity contribution in [2.24, 2.45) is 0 Å². The number of carbonyl (C=O) groups is 1. The molecule has 0 aliphatic heterocycles. The molecule has 1 heterocycles. The topological polar surface area (TPSA) is 76.1 Å². The number of halogens is 4. The van der Waals surface area contributed by atoms with Crippen LogP contribution in [0.5, 0.6) is 11.6 Å². The number of ether oxygens (including phenoxy) is 1. The van der Waals surface area contributed by atoms with Crippen molar-refractivity contribution in [3.8, 4) is 11.6 Å². The lowest BCUT2D eigenvalue weighted by Crippen LogP contribution is -2.18. The predicted molar refractivity (Wildman–Crippen MR) is 99.2 cm³/mol. The maximum Gasteiger partial charge on any atom is 0.254 e. The Balaban J connectivity index is 1.90. The Hall–Kier alpha value is -3.14. The van der Waals surface area contributed by atoms with Gasteiger partial charge in [0, 0.05) is 24.9 Å². The Labute approximate surface area is 165 Å². The molecule has 0 saturated carbocycles. The van der Waals surface area contributed by atoms with Crippen molar-refractivity contribution in [1.82, 2.24) is 15.3 Å². The van der Waals surface area contributed by atoms with E-state index in [0.717, 1.165) is 12.1 Å². The van der Waals surface area contributed by atoms with E-state index in [4.69, 9.17) is 4.74 Å². The fraction of sp³-hybridized carbons (Fsp3) is 0.0556. The van der Waals surface area contributed by atoms with Crippen molar-refractivity contribution in [3.05, 3.63) is 70.1 Å². The SMILES string of the molecule is CNC(=O)c1ccccc1Oc1nc(Nc2cc(F)c(F)c(F)c2)ncc1Br. The minimum absolute atomic E-state index is 0.0527. The van der Waals surface area contributed by atoms with Gasteiger partial charge >= 0.3 is 0 Å². The Morgan fingerprint density at radius 3 is 2.50 bits per heavy atom. The highest BCUT2D eigenvalue weighted by atomic mass is 79.9. The second kappa shape index (κ2) is 8.26. The van der Waals surface area contributed by atoms with Crippen molar-refractivity contribution in [2.75, 3.05) is 12.4 Å². The molecule has 6 nitrogen and oxygen atoms in total. The third kappa shape index (κ3) is 4.22. The first kappa shape index (κ1) is 19.6. The zero-order valence-electron chi connectivity index (χ0n) is 14.3. The molecule has 28 heavy (non-hydrogen) atoms. The number of hydrogen-bond acceptors (Lipinski definition) is 5. The van der Waals surface area contributed by atoms with E-state index in [0.29, 0.717) is 4.47 Å². The summed E-state index contributed by atoms with van der Waals surface area (Å²) < 4.78 is 45.9. The van der Waals surface area contributed by atoms with Gasteiger partial charge in [-0.2, -0.15) is 4.98 Å². The summed E-state index contributed by atoms with van der Waals surface area (Å²) in [5.41, 5.74) is 0.197. The lowest BCUT2D eigenvalue weighted by Gasteiger charge is -2.12. The Morgan fingerprint density at radius 2 is 1.82 bits per heavy atom. The van der Waals surface area contributed by atoms with Crippen molar-refractivity contribution in [2.45, 2.75) is 0 Å². The predicted octanol–water partition coefficient (Wildman–Crippen LogP) is 4.55. The largest absolute Gasteiger partial charge is 0.437 e. The van der Waals surface area contributed by atoms with E-state index < -0.39 is 17.5 Å². The van der Waals surface area contributed by atoms with Crippen molar-refractivity contribution < 1.29 is 22.7 Å². The molecular formula is C18H12BrF3N4O2. The molecule has 0 radical (unpaired) electrons. The maximum atomic E-state index is 13.4. The number of nitrogens with zero attached hydrogens (tertiary/aromatic N) is 2. The number of amides is 1. The van der Waals surface area contributed by atoms with Gasteiger partial charge in [-0.25, -0.2) is 18.2 Å². The molecule has 0 unspecified atom stereocenters. The molecule has 0 saturated heterocycles. The lowest BCUT2D eigenvalue weighted by molar-refractivity contribution is 0.0960. The van der Waals surface area contributed by atoms with E-state index in [1.807, 2.05) is 0 Å². The molecule has 1 aromatic heterocycles. The second-order valence-electron chi connectivity index (χ2n) is 5.40. The average molecular weight is 453 g/mol. The van der Waals surface area contributed by atoms with Crippen LogP contribution in [-0.2, 0) is 0 Å². The van der Waals surface area contributed by atoms with Crippen LogP contribution >= 0.6 is 15.9 Å². The van der Waals surface area contributed by atoms with Gasteiger partial charge in [-0.05, 0) is 28.1 Å². The maximum absolute atomic E-state index is 13.4. The molecule has 0 spiro atoms. The van der Waals surface area contributed by atoms with Gasteiger partial charge in [0.15, 0.2) is 17.5 Å². The number of carbonyl (C=O) groups excluding carboxylic acids is 1. The zero-order chi connectivity index (χ0) is 20.3. The molecule has 0 bridgehead atoms. The van der Waals surface area contributed by atoms with Gasteiger partial charge in [0.1, 0.15) is 5.75 Å². The summed E-state index contributed by atoms with van der Waals surface area (Å²) in [6.07, 6.45) is 1.35. The number of aromatic nitrogens is 2. The molecular weight excluding hydrogens is 441 g/mol. The summed E-state index contributed by atoms with van der Waals surface area (Å²) in [5, 5.41) is 5.07. The highest BCUT2D eigenvalue weighted by molar-refractivity contribution is 9.10. The van der Waals surface area contributed by atoms with Crippen LogP contribution in [0.15, 0.2) is 47.1 Å². The molecule has 0 aliphatic rings. The van der Waals surface area contributed by atoms with Crippen molar-refractivity contribution in [1.29, 1.82) is 0 Å². The van der Waals surface area contributed by atoms with Crippen LogP contribution < -0.4 is 15.4 Å². The van der Waals surface area contributed by atoms with Crippen LogP contribution in [0.3, 0.4) is 0 Å². The summed E-state index contributed by atoms with van der Waals surface area (Å²) in [6, 6.07) is 8.05. The second-order valence-corrected chi connectivity index (χ2v) is 6.26. The van der Waals surface area contributed by atoms with Gasteiger partial charge in [-0.3, -0.25) is 4.79 Å². The van der Waals surface area contributed by atoms with Crippen LogP contribution in [0, 0.1) is 17.5 Å². The van der Waals surface area contributed by atoms with E-state index in [-0.39, 0.29) is 34.7 Å². The molecule has 10 heteroatoms. The van der Waals surface area contributed by atoms with Gasteiger partial charge in [0.2, 0.25) is 11.8 Å². The normalized spacial score (nSPS) is 10.5. The fourth-order valence-electron chi connectivity index (χ4n) is 2.22. The molecule has 3 aromatic rings. The molecule has 0 fully saturated rings. The van der Waals surface area contributed by atoms with Gasteiger partial charge < -0.3 is 15.4 Å². The summed E-state index contributed by atoms with van der Waals surface area (Å²) in [6.45, 7) is 0. The Bertz CT molecular complexity index is 1030. The van der Waals surface area contributed by atoms with Gasteiger partial charge in [-0.1, -0.05) is 12.1 Å². The first-order chi connectivity index (χ1) is 13.4. The van der Waals surface area contributed by atoms with Crippen LogP contribution in [0.25, 0.3) is 0 Å². The van der Waals surface area contributed by atoms with Crippen LogP contribution in [0.4, 0.5) is 24.8 Å². The van der Waals surface area contributed by atoms with Gasteiger partial charge in [-0.15, -0.1) is 0 Å². The standard InChI is InChI=1S/C18H12BrF3N4O2/c1-23-16(27)10-4-2-3-5-14(10)28-17-11(19)8-24-18(26-17)25-9-6-12(20)15(22)13(21)7-9/h2-8H,1H3,(H,23,27)(H,24,25,26). The molecule has 2 N–H and O–H groups in total. The van der Waals surface area contributed by atoms with Crippen LogP contribution in [0.2, 0.25) is 0 Å². The smallest absolute Gasteiger partial charge is 0.254 e. The monoisotopic (exact) mass is 452 g/mol. The fourth-order valence-corrected chi connectivity index (χ4v) is 2.49. The summed E-state index contributed by atoms with van der Waals surface area (Å²) >= 11 is 3.24. The molecule has 0 aliphatic carbocycles. The van der Waals surface area contributed by atoms with E-state index in [9.17, 15) is 18.0 Å². The lowest BCUT2D eigenvalue weighted by atomic mass is 10.2.